The summed E-state index contributed by atoms with van der Waals surface area (Å²) in [6.07, 6.45) is 6.34. The minimum absolute atomic E-state index is 0.0987. The highest BCUT2D eigenvalue weighted by Gasteiger charge is 2.46. The van der Waals surface area contributed by atoms with Gasteiger partial charge in [-0.1, -0.05) is 26.3 Å². The molecule has 0 saturated heterocycles. The number of hydrogen-bond donors (Lipinski definition) is 1. The number of rotatable bonds is 1. The Labute approximate surface area is 104 Å². The van der Waals surface area contributed by atoms with E-state index in [0.717, 1.165) is 6.42 Å². The molecule has 0 bridgehead atoms. The monoisotopic (exact) mass is 236 g/mol. The summed E-state index contributed by atoms with van der Waals surface area (Å²) >= 11 is 0. The van der Waals surface area contributed by atoms with Crippen LogP contribution in [0.15, 0.2) is 11.6 Å². The molecule has 1 N–H and O–H groups in total. The lowest BCUT2D eigenvalue weighted by Gasteiger charge is -2.48. The molecule has 0 aromatic heterocycles. The van der Waals surface area contributed by atoms with E-state index in [-0.39, 0.29) is 11.2 Å². The maximum absolute atomic E-state index is 12.1. The summed E-state index contributed by atoms with van der Waals surface area (Å²) in [6.45, 7) is 7.97. The van der Waals surface area contributed by atoms with Crippen molar-refractivity contribution in [1.29, 1.82) is 0 Å². The van der Waals surface area contributed by atoms with Crippen molar-refractivity contribution in [2.45, 2.75) is 59.0 Å². The maximum atomic E-state index is 12.1. The molecule has 0 radical (unpaired) electrons. The molecule has 2 nitrogen and oxygen atoms in total. The predicted molar refractivity (Wildman–Crippen MR) is 68.6 cm³/mol. The Kier molecular flexibility index (Phi) is 2.97. The molecule has 3 atom stereocenters. The predicted octanol–water partition coefficient (Wildman–Crippen LogP) is 3.10. The Morgan fingerprint density at radius 1 is 1.41 bits per heavy atom. The molecule has 0 spiro atoms. The smallest absolute Gasteiger partial charge is 0.161 e. The van der Waals surface area contributed by atoms with E-state index in [4.69, 9.17) is 0 Å². The molecule has 0 aromatic carbocycles. The number of hydrogen-bond acceptors (Lipinski definition) is 2. The third-order valence-electron chi connectivity index (χ3n) is 4.98. The molecule has 96 valence electrons. The van der Waals surface area contributed by atoms with Crippen molar-refractivity contribution in [2.24, 2.45) is 17.3 Å². The highest BCUT2D eigenvalue weighted by atomic mass is 16.3. The Balaban J connectivity index is 2.43. The van der Waals surface area contributed by atoms with Gasteiger partial charge in [0.25, 0.3) is 0 Å². The normalized spacial score (nSPS) is 38.6. The summed E-state index contributed by atoms with van der Waals surface area (Å²) in [5.74, 6) is 1.23. The number of ketones is 1. The summed E-state index contributed by atoms with van der Waals surface area (Å²) in [4.78, 5) is 12.1. The lowest BCUT2D eigenvalue weighted by atomic mass is 9.56. The van der Waals surface area contributed by atoms with Crippen molar-refractivity contribution in [3.63, 3.8) is 0 Å². The third kappa shape index (κ3) is 2.08. The average Bonchev–Trinajstić information content (AvgIpc) is 2.19. The summed E-state index contributed by atoms with van der Waals surface area (Å²) in [6, 6.07) is 0. The van der Waals surface area contributed by atoms with Crippen LogP contribution in [-0.4, -0.2) is 16.5 Å². The molecule has 0 aliphatic heterocycles. The average molecular weight is 236 g/mol. The number of carbonyl (C=O) groups is 1. The number of Topliss-reactive ketones (excluding diaryl/α,β-unsaturated/α-hetero) is 1. The van der Waals surface area contributed by atoms with Gasteiger partial charge in [-0.2, -0.15) is 0 Å². The Bertz CT molecular complexity index is 362. The quantitative estimate of drug-likeness (QED) is 0.759. The van der Waals surface area contributed by atoms with E-state index in [1.807, 2.05) is 0 Å². The fraction of sp³-hybridized carbons (Fsp3) is 0.800. The van der Waals surface area contributed by atoms with Gasteiger partial charge in [0, 0.05) is 12.0 Å². The van der Waals surface area contributed by atoms with Gasteiger partial charge in [0.15, 0.2) is 5.78 Å². The Morgan fingerprint density at radius 2 is 2.06 bits per heavy atom. The zero-order valence-electron chi connectivity index (χ0n) is 11.4. The topological polar surface area (TPSA) is 37.3 Å². The molecule has 0 amide bonds. The molecule has 2 aliphatic carbocycles. The summed E-state index contributed by atoms with van der Waals surface area (Å²) in [5.41, 5.74) is -0.269. The lowest BCUT2D eigenvalue weighted by molar-refractivity contribution is -0.121. The van der Waals surface area contributed by atoms with Crippen LogP contribution in [0.25, 0.3) is 0 Å². The SMILES string of the molecule is C[C@H]1CCC[C@@H]2CC(=O)C(C(C)(C)O)=C[C@@]21C. The highest BCUT2D eigenvalue weighted by molar-refractivity contribution is 5.98. The summed E-state index contributed by atoms with van der Waals surface area (Å²) in [5, 5.41) is 10.1. The first-order valence-electron chi connectivity index (χ1n) is 6.74. The van der Waals surface area contributed by atoms with E-state index in [2.05, 4.69) is 19.9 Å². The third-order valence-corrected chi connectivity index (χ3v) is 4.98. The Hall–Kier alpha value is -0.630. The van der Waals surface area contributed by atoms with Crippen LogP contribution in [0.2, 0.25) is 0 Å². The van der Waals surface area contributed by atoms with Gasteiger partial charge in [-0.25, -0.2) is 0 Å². The second kappa shape index (κ2) is 3.94. The molecule has 2 aliphatic rings. The van der Waals surface area contributed by atoms with Gasteiger partial charge in [0.2, 0.25) is 0 Å². The van der Waals surface area contributed by atoms with E-state index in [0.29, 0.717) is 23.8 Å². The Morgan fingerprint density at radius 3 is 2.65 bits per heavy atom. The standard InChI is InChI=1S/C15H24O2/c1-10-6-5-7-11-8-13(16)12(14(2,3)17)9-15(10,11)4/h9-11,17H,5-8H2,1-4H3/t10-,11+,15+/m0/s1. The van der Waals surface area contributed by atoms with Gasteiger partial charge in [0.1, 0.15) is 0 Å². The summed E-state index contributed by atoms with van der Waals surface area (Å²) in [7, 11) is 0. The van der Waals surface area contributed by atoms with Crippen molar-refractivity contribution in [3.8, 4) is 0 Å². The van der Waals surface area contributed by atoms with Crippen LogP contribution in [0.4, 0.5) is 0 Å². The first-order chi connectivity index (χ1) is 7.75. The molecule has 0 aromatic rings. The molecule has 1 fully saturated rings. The van der Waals surface area contributed by atoms with Crippen molar-refractivity contribution in [2.75, 3.05) is 0 Å². The fourth-order valence-corrected chi connectivity index (χ4v) is 3.52. The molecule has 0 heterocycles. The van der Waals surface area contributed by atoms with Gasteiger partial charge in [-0.15, -0.1) is 0 Å². The molecule has 1 saturated carbocycles. The van der Waals surface area contributed by atoms with Crippen LogP contribution < -0.4 is 0 Å². The molecule has 0 unspecified atom stereocenters. The molecule has 17 heavy (non-hydrogen) atoms. The lowest BCUT2D eigenvalue weighted by Crippen LogP contribution is -2.44. The van der Waals surface area contributed by atoms with Crippen LogP contribution in [0.3, 0.4) is 0 Å². The molecular formula is C15H24O2. The maximum Gasteiger partial charge on any atom is 0.161 e. The number of aliphatic hydroxyl groups is 1. The van der Waals surface area contributed by atoms with Crippen LogP contribution in [0, 0.1) is 17.3 Å². The van der Waals surface area contributed by atoms with E-state index >= 15 is 0 Å². The number of fused-ring (bicyclic) bond motifs is 1. The second-order valence-corrected chi connectivity index (χ2v) is 6.64. The van der Waals surface area contributed by atoms with Crippen molar-refractivity contribution < 1.29 is 9.90 Å². The van der Waals surface area contributed by atoms with Crippen LogP contribution in [0.5, 0.6) is 0 Å². The van der Waals surface area contributed by atoms with Gasteiger partial charge < -0.3 is 5.11 Å². The van der Waals surface area contributed by atoms with Crippen LogP contribution in [-0.2, 0) is 4.79 Å². The van der Waals surface area contributed by atoms with Gasteiger partial charge >= 0.3 is 0 Å². The second-order valence-electron chi connectivity index (χ2n) is 6.64. The van der Waals surface area contributed by atoms with Gasteiger partial charge in [-0.3, -0.25) is 4.79 Å². The fourth-order valence-electron chi connectivity index (χ4n) is 3.52. The zero-order chi connectivity index (χ0) is 12.8. The van der Waals surface area contributed by atoms with E-state index < -0.39 is 5.60 Å². The van der Waals surface area contributed by atoms with Gasteiger partial charge in [0.05, 0.1) is 5.60 Å². The number of allylic oxidation sites excluding steroid dienone is 1. The first-order valence-corrected chi connectivity index (χ1v) is 6.74. The van der Waals surface area contributed by atoms with Crippen LogP contribution >= 0.6 is 0 Å². The van der Waals surface area contributed by atoms with Crippen LogP contribution in [0.1, 0.15) is 53.4 Å². The minimum Gasteiger partial charge on any atom is -0.386 e. The largest absolute Gasteiger partial charge is 0.386 e. The van der Waals surface area contributed by atoms with E-state index in [9.17, 15) is 9.90 Å². The number of carbonyl (C=O) groups excluding carboxylic acids is 1. The molecular weight excluding hydrogens is 212 g/mol. The van der Waals surface area contributed by atoms with Crippen molar-refractivity contribution >= 4 is 5.78 Å². The van der Waals surface area contributed by atoms with Gasteiger partial charge in [-0.05, 0) is 43.9 Å². The molecule has 2 heteroatoms. The van der Waals surface area contributed by atoms with E-state index in [1.54, 1.807) is 13.8 Å². The summed E-state index contributed by atoms with van der Waals surface area (Å²) < 4.78 is 0. The minimum atomic E-state index is -0.998. The van der Waals surface area contributed by atoms with Crippen molar-refractivity contribution in [1.82, 2.24) is 0 Å². The molecule has 2 rings (SSSR count). The van der Waals surface area contributed by atoms with E-state index in [1.165, 1.54) is 12.8 Å². The zero-order valence-corrected chi connectivity index (χ0v) is 11.4. The highest BCUT2D eigenvalue weighted by Crippen LogP contribution is 2.51. The van der Waals surface area contributed by atoms with Crippen molar-refractivity contribution in [3.05, 3.63) is 11.6 Å². The first kappa shape index (κ1) is 12.8.